The minimum atomic E-state index is 0.624. The van der Waals surface area contributed by atoms with Crippen molar-refractivity contribution in [3.8, 4) is 11.8 Å². The van der Waals surface area contributed by atoms with Gasteiger partial charge in [0.1, 0.15) is 5.75 Å². The second-order valence-corrected chi connectivity index (χ2v) is 6.26. The number of halogens is 2. The summed E-state index contributed by atoms with van der Waals surface area (Å²) < 4.78 is 6.96. The second kappa shape index (κ2) is 6.93. The van der Waals surface area contributed by atoms with Crippen molar-refractivity contribution in [1.82, 2.24) is 0 Å². The first-order valence-corrected chi connectivity index (χ1v) is 7.85. The fraction of sp³-hybridized carbons (Fsp3) is 0.118. The van der Waals surface area contributed by atoms with E-state index in [-0.39, 0.29) is 0 Å². The Kier molecular flexibility index (Phi) is 5.22. The number of nitrogens with zero attached hydrogens (tertiary/aromatic N) is 1. The van der Waals surface area contributed by atoms with Crippen LogP contribution in [-0.4, -0.2) is 7.11 Å². The summed E-state index contributed by atoms with van der Waals surface area (Å²) in [4.78, 5) is 0. The Balaban J connectivity index is 2.46. The molecule has 0 amide bonds. The summed E-state index contributed by atoms with van der Waals surface area (Å²) >= 11 is 6.94. The number of aryl methyl sites for hydroxylation is 1. The quantitative estimate of drug-likeness (QED) is 0.491. The summed E-state index contributed by atoms with van der Waals surface area (Å²) in [6.45, 7) is 2.03. The molecule has 106 valence electrons. The van der Waals surface area contributed by atoms with E-state index in [9.17, 15) is 5.26 Å². The van der Waals surface area contributed by atoms with Gasteiger partial charge >= 0.3 is 0 Å². The van der Waals surface area contributed by atoms with Crippen molar-refractivity contribution in [2.24, 2.45) is 0 Å². The normalized spacial score (nSPS) is 11.1. The van der Waals surface area contributed by atoms with Crippen molar-refractivity contribution in [2.45, 2.75) is 6.92 Å². The maximum atomic E-state index is 9.38. The molecule has 0 saturated carbocycles. The molecule has 0 saturated heterocycles. The van der Waals surface area contributed by atoms with Gasteiger partial charge in [-0.1, -0.05) is 29.8 Å². The van der Waals surface area contributed by atoms with E-state index in [1.165, 1.54) is 5.56 Å². The summed E-state index contributed by atoms with van der Waals surface area (Å²) in [6.07, 6.45) is 1.86. The summed E-state index contributed by atoms with van der Waals surface area (Å²) in [5, 5.41) is 9.38. The van der Waals surface area contributed by atoms with Crippen molar-refractivity contribution in [1.29, 1.82) is 5.26 Å². The number of ether oxygens (including phenoxy) is 1. The number of hydrogen-bond donors (Lipinski definition) is 0. The van der Waals surface area contributed by atoms with E-state index in [1.54, 1.807) is 7.11 Å². The highest BCUT2D eigenvalue weighted by Crippen LogP contribution is 2.35. The van der Waals surface area contributed by atoms with Crippen molar-refractivity contribution < 1.29 is 4.74 Å². The fourth-order valence-corrected chi connectivity index (χ4v) is 3.48. The molecular formula is C17H13Br2NO. The third kappa shape index (κ3) is 3.75. The molecule has 2 aromatic rings. The molecule has 2 aromatic carbocycles. The predicted molar refractivity (Wildman–Crippen MR) is 93.1 cm³/mol. The number of allylic oxidation sites excluding steroid dienone is 1. The highest BCUT2D eigenvalue weighted by Gasteiger charge is 2.08. The summed E-state index contributed by atoms with van der Waals surface area (Å²) in [6, 6.07) is 14.0. The molecular weight excluding hydrogens is 394 g/mol. The molecule has 0 unspecified atom stereocenters. The SMILES string of the molecule is COc1c(Br)cc(/C=C(/C#N)c2ccc(C)cc2)cc1Br. The average molecular weight is 407 g/mol. The largest absolute Gasteiger partial charge is 0.494 e. The van der Waals surface area contributed by atoms with Crippen molar-refractivity contribution in [3.05, 3.63) is 62.0 Å². The van der Waals surface area contributed by atoms with Gasteiger partial charge in [-0.25, -0.2) is 0 Å². The van der Waals surface area contributed by atoms with Crippen molar-refractivity contribution in [2.75, 3.05) is 7.11 Å². The number of hydrogen-bond acceptors (Lipinski definition) is 2. The van der Waals surface area contributed by atoms with Crippen LogP contribution >= 0.6 is 31.9 Å². The molecule has 0 aliphatic carbocycles. The zero-order valence-electron chi connectivity index (χ0n) is 11.7. The second-order valence-electron chi connectivity index (χ2n) is 4.55. The first kappa shape index (κ1) is 15.8. The van der Waals surface area contributed by atoms with Crippen LogP contribution in [0.4, 0.5) is 0 Å². The number of rotatable bonds is 3. The molecule has 21 heavy (non-hydrogen) atoms. The lowest BCUT2D eigenvalue weighted by atomic mass is 10.0. The van der Waals surface area contributed by atoms with Crippen LogP contribution < -0.4 is 4.74 Å². The van der Waals surface area contributed by atoms with Gasteiger partial charge in [-0.15, -0.1) is 0 Å². The monoisotopic (exact) mass is 405 g/mol. The molecule has 0 spiro atoms. The van der Waals surface area contributed by atoms with Gasteiger partial charge in [0.25, 0.3) is 0 Å². The van der Waals surface area contributed by atoms with Crippen LogP contribution in [0.25, 0.3) is 11.6 Å². The van der Waals surface area contributed by atoms with E-state index in [1.807, 2.05) is 49.4 Å². The lowest BCUT2D eigenvalue weighted by molar-refractivity contribution is 0.409. The highest BCUT2D eigenvalue weighted by molar-refractivity contribution is 9.11. The molecule has 0 aromatic heterocycles. The Morgan fingerprint density at radius 3 is 2.19 bits per heavy atom. The number of nitriles is 1. The molecule has 0 fully saturated rings. The van der Waals surface area contributed by atoms with Crippen LogP contribution in [0.15, 0.2) is 45.3 Å². The van der Waals surface area contributed by atoms with Crippen LogP contribution in [0.2, 0.25) is 0 Å². The van der Waals surface area contributed by atoms with E-state index in [0.717, 1.165) is 25.8 Å². The Morgan fingerprint density at radius 1 is 1.14 bits per heavy atom. The van der Waals surface area contributed by atoms with Crippen LogP contribution in [-0.2, 0) is 0 Å². The Labute approximate surface area is 141 Å². The zero-order valence-corrected chi connectivity index (χ0v) is 14.8. The topological polar surface area (TPSA) is 33.0 Å². The Morgan fingerprint density at radius 2 is 1.71 bits per heavy atom. The van der Waals surface area contributed by atoms with Crippen LogP contribution in [0.3, 0.4) is 0 Å². The number of methoxy groups -OCH3 is 1. The van der Waals surface area contributed by atoms with Gasteiger partial charge in [-0.2, -0.15) is 5.26 Å². The van der Waals surface area contributed by atoms with Crippen LogP contribution in [0.5, 0.6) is 5.75 Å². The molecule has 2 nitrogen and oxygen atoms in total. The maximum absolute atomic E-state index is 9.38. The molecule has 0 radical (unpaired) electrons. The van der Waals surface area contributed by atoms with E-state index < -0.39 is 0 Å². The first-order chi connectivity index (χ1) is 10.0. The average Bonchev–Trinajstić information content (AvgIpc) is 2.45. The van der Waals surface area contributed by atoms with Gasteiger partial charge < -0.3 is 4.74 Å². The van der Waals surface area contributed by atoms with Gasteiger partial charge in [0.2, 0.25) is 0 Å². The molecule has 0 aliphatic rings. The van der Waals surface area contributed by atoms with Crippen molar-refractivity contribution >= 4 is 43.5 Å². The standard InChI is InChI=1S/C17H13Br2NO/c1-11-3-5-13(6-4-11)14(10-20)7-12-8-15(18)17(21-2)16(19)9-12/h3-9H,1-2H3/b14-7-. The molecule has 0 bridgehead atoms. The van der Waals surface area contributed by atoms with Gasteiger partial charge in [0.05, 0.1) is 27.7 Å². The minimum absolute atomic E-state index is 0.624. The molecule has 0 N–H and O–H groups in total. The van der Waals surface area contributed by atoms with Gasteiger partial charge in [-0.3, -0.25) is 0 Å². The van der Waals surface area contributed by atoms with Gasteiger partial charge in [0, 0.05) is 0 Å². The third-order valence-corrected chi connectivity index (χ3v) is 4.20. The molecule has 2 rings (SSSR count). The lowest BCUT2D eigenvalue weighted by Gasteiger charge is -2.08. The van der Waals surface area contributed by atoms with E-state index in [4.69, 9.17) is 4.74 Å². The Hall–Kier alpha value is -1.57. The predicted octanol–water partition coefficient (Wildman–Crippen LogP) is 5.59. The Bertz CT molecular complexity index is 704. The zero-order chi connectivity index (χ0) is 15.4. The first-order valence-electron chi connectivity index (χ1n) is 6.27. The smallest absolute Gasteiger partial charge is 0.147 e. The molecule has 0 atom stereocenters. The summed E-state index contributed by atoms with van der Waals surface area (Å²) in [5.41, 5.74) is 3.63. The maximum Gasteiger partial charge on any atom is 0.147 e. The van der Waals surface area contributed by atoms with E-state index in [0.29, 0.717) is 5.57 Å². The summed E-state index contributed by atoms with van der Waals surface area (Å²) in [7, 11) is 1.62. The highest BCUT2D eigenvalue weighted by atomic mass is 79.9. The molecule has 0 heterocycles. The third-order valence-electron chi connectivity index (χ3n) is 3.02. The fourth-order valence-electron chi connectivity index (χ4n) is 1.94. The van der Waals surface area contributed by atoms with Crippen LogP contribution in [0.1, 0.15) is 16.7 Å². The molecule has 0 aliphatic heterocycles. The molecule has 4 heteroatoms. The lowest BCUT2D eigenvalue weighted by Crippen LogP contribution is -1.88. The minimum Gasteiger partial charge on any atom is -0.494 e. The van der Waals surface area contributed by atoms with Gasteiger partial charge in [-0.05, 0) is 68.1 Å². The van der Waals surface area contributed by atoms with E-state index in [2.05, 4.69) is 37.9 Å². The van der Waals surface area contributed by atoms with E-state index >= 15 is 0 Å². The van der Waals surface area contributed by atoms with Crippen molar-refractivity contribution in [3.63, 3.8) is 0 Å². The van der Waals surface area contributed by atoms with Gasteiger partial charge in [0.15, 0.2) is 0 Å². The summed E-state index contributed by atoms with van der Waals surface area (Å²) in [5.74, 6) is 0.737. The van der Waals surface area contributed by atoms with Crippen LogP contribution in [0, 0.1) is 18.3 Å². The number of benzene rings is 2.